The monoisotopic (exact) mass is 442 g/mol. The maximum absolute atomic E-state index is 13.0. The Labute approximate surface area is 182 Å². The van der Waals surface area contributed by atoms with Gasteiger partial charge in [-0.25, -0.2) is 8.42 Å². The molecule has 0 aliphatic heterocycles. The quantitative estimate of drug-likeness (QED) is 0.503. The minimum Gasteiger partial charge on any atom is -0.494 e. The van der Waals surface area contributed by atoms with Crippen LogP contribution in [0.1, 0.15) is 23.8 Å². The second-order valence-corrected chi connectivity index (χ2v) is 8.74. The summed E-state index contributed by atoms with van der Waals surface area (Å²) in [5.41, 5.74) is 1.54. The van der Waals surface area contributed by atoms with Crippen LogP contribution in [0.3, 0.4) is 0 Å². The molecule has 0 saturated heterocycles. The average molecular weight is 443 g/mol. The van der Waals surface area contributed by atoms with E-state index in [-0.39, 0.29) is 17.9 Å². The topological polar surface area (TPSA) is 97.6 Å². The Hall–Kier alpha value is -3.10. The highest BCUT2D eigenvalue weighted by Crippen LogP contribution is 2.22. The molecule has 31 heavy (non-hydrogen) atoms. The van der Waals surface area contributed by atoms with Crippen LogP contribution in [0.15, 0.2) is 76.2 Å². The van der Waals surface area contributed by atoms with Gasteiger partial charge in [-0.2, -0.15) is 4.72 Å². The molecule has 2 aromatic carbocycles. The van der Waals surface area contributed by atoms with E-state index in [0.717, 1.165) is 5.56 Å². The number of carbonyl (C=O) groups excluding carboxylic acids is 1. The number of rotatable bonds is 10. The average Bonchev–Trinajstić information content (AvgIpc) is 3.27. The van der Waals surface area contributed by atoms with Crippen LogP contribution < -0.4 is 14.8 Å². The summed E-state index contributed by atoms with van der Waals surface area (Å²) in [5.74, 6) is 0.766. The van der Waals surface area contributed by atoms with E-state index >= 15 is 0 Å². The van der Waals surface area contributed by atoms with E-state index in [0.29, 0.717) is 23.7 Å². The molecule has 1 amide bonds. The highest BCUT2D eigenvalue weighted by molar-refractivity contribution is 7.89. The van der Waals surface area contributed by atoms with Gasteiger partial charge >= 0.3 is 0 Å². The van der Waals surface area contributed by atoms with Gasteiger partial charge in [0, 0.05) is 0 Å². The third kappa shape index (κ3) is 6.19. The molecule has 0 aliphatic carbocycles. The Morgan fingerprint density at radius 2 is 1.87 bits per heavy atom. The second-order valence-electron chi connectivity index (χ2n) is 7.02. The first kappa shape index (κ1) is 22.6. The van der Waals surface area contributed by atoms with Crippen LogP contribution >= 0.6 is 0 Å². The lowest BCUT2D eigenvalue weighted by Gasteiger charge is -2.19. The van der Waals surface area contributed by atoms with Gasteiger partial charge in [-0.05, 0) is 61.7 Å². The van der Waals surface area contributed by atoms with Crippen molar-refractivity contribution >= 4 is 15.9 Å². The summed E-state index contributed by atoms with van der Waals surface area (Å²) in [6.07, 6.45) is 1.72. The third-order valence-corrected chi connectivity index (χ3v) is 6.14. The zero-order chi connectivity index (χ0) is 22.3. The Kier molecular flexibility index (Phi) is 7.49. The molecule has 0 bridgehead atoms. The predicted molar refractivity (Wildman–Crippen MR) is 117 cm³/mol. The fourth-order valence-electron chi connectivity index (χ4n) is 3.11. The number of hydrogen-bond donors (Lipinski definition) is 2. The van der Waals surface area contributed by atoms with Crippen molar-refractivity contribution in [3.8, 4) is 5.75 Å². The van der Waals surface area contributed by atoms with Gasteiger partial charge in [0.05, 0.1) is 24.3 Å². The fourth-order valence-corrected chi connectivity index (χ4v) is 4.39. The molecule has 0 aliphatic rings. The van der Waals surface area contributed by atoms with Crippen molar-refractivity contribution in [1.82, 2.24) is 10.0 Å². The lowest BCUT2D eigenvalue weighted by atomic mass is 10.1. The van der Waals surface area contributed by atoms with Gasteiger partial charge in [0.15, 0.2) is 0 Å². The summed E-state index contributed by atoms with van der Waals surface area (Å²) in [7, 11) is -3.94. The minimum absolute atomic E-state index is 0.0744. The largest absolute Gasteiger partial charge is 0.494 e. The number of aryl methyl sites for hydroxylation is 1. The second kappa shape index (κ2) is 10.3. The highest BCUT2D eigenvalue weighted by Gasteiger charge is 2.26. The minimum atomic E-state index is -3.94. The van der Waals surface area contributed by atoms with Crippen molar-refractivity contribution in [3.63, 3.8) is 0 Å². The number of furan rings is 1. The molecule has 7 nitrogen and oxygen atoms in total. The van der Waals surface area contributed by atoms with Gasteiger partial charge in [0.2, 0.25) is 15.9 Å². The van der Waals surface area contributed by atoms with E-state index in [9.17, 15) is 13.2 Å². The van der Waals surface area contributed by atoms with Crippen LogP contribution in [0, 0.1) is 6.92 Å². The molecule has 0 fully saturated rings. The summed E-state index contributed by atoms with van der Waals surface area (Å²) < 4.78 is 39.4. The predicted octanol–water partition coefficient (Wildman–Crippen LogP) is 3.19. The zero-order valence-corrected chi connectivity index (χ0v) is 18.3. The number of sulfonamides is 1. The van der Waals surface area contributed by atoms with Crippen LogP contribution in [0.25, 0.3) is 0 Å². The van der Waals surface area contributed by atoms with Crippen LogP contribution in [-0.4, -0.2) is 27.0 Å². The first-order chi connectivity index (χ1) is 14.9. The molecule has 164 valence electrons. The normalized spacial score (nSPS) is 12.3. The zero-order valence-electron chi connectivity index (χ0n) is 17.5. The van der Waals surface area contributed by atoms with Gasteiger partial charge in [-0.3, -0.25) is 4.79 Å². The van der Waals surface area contributed by atoms with Crippen molar-refractivity contribution in [1.29, 1.82) is 0 Å². The summed E-state index contributed by atoms with van der Waals surface area (Å²) in [6.45, 7) is 4.30. The molecule has 0 saturated carbocycles. The number of ether oxygens (including phenoxy) is 1. The van der Waals surface area contributed by atoms with Gasteiger partial charge in [0.1, 0.15) is 17.6 Å². The Morgan fingerprint density at radius 3 is 2.52 bits per heavy atom. The number of carbonyl (C=O) groups is 1. The molecule has 1 atom stereocenters. The summed E-state index contributed by atoms with van der Waals surface area (Å²) in [5, 5.41) is 2.74. The molecular formula is C23H26N2O5S. The first-order valence-corrected chi connectivity index (χ1v) is 11.5. The van der Waals surface area contributed by atoms with Crippen molar-refractivity contribution in [2.45, 2.75) is 37.8 Å². The van der Waals surface area contributed by atoms with Crippen LogP contribution in [0.4, 0.5) is 0 Å². The van der Waals surface area contributed by atoms with E-state index in [2.05, 4.69) is 10.0 Å². The standard InChI is InChI=1S/C23H26N2O5S/c1-3-29-22-12-11-20(14-17(22)2)31(27,28)25-21(15-18-8-5-4-6-9-18)23(26)24-16-19-10-7-13-30-19/h4-14,21,25H,3,15-16H2,1-2H3,(H,24,26)/t21-/m1/s1. The summed E-state index contributed by atoms with van der Waals surface area (Å²) >= 11 is 0. The number of hydrogen-bond acceptors (Lipinski definition) is 5. The number of amides is 1. The van der Waals surface area contributed by atoms with E-state index in [1.807, 2.05) is 37.3 Å². The van der Waals surface area contributed by atoms with Crippen LogP contribution in [0.2, 0.25) is 0 Å². The molecule has 1 heterocycles. The maximum Gasteiger partial charge on any atom is 0.241 e. The van der Waals surface area contributed by atoms with E-state index in [4.69, 9.17) is 9.15 Å². The Balaban J connectivity index is 1.80. The van der Waals surface area contributed by atoms with Crippen molar-refractivity contribution in [3.05, 3.63) is 83.8 Å². The lowest BCUT2D eigenvalue weighted by Crippen LogP contribution is -2.47. The molecule has 1 aromatic heterocycles. The summed E-state index contributed by atoms with van der Waals surface area (Å²) in [4.78, 5) is 12.9. The molecule has 0 unspecified atom stereocenters. The first-order valence-electron chi connectivity index (χ1n) is 9.99. The van der Waals surface area contributed by atoms with E-state index < -0.39 is 22.0 Å². The molecule has 3 rings (SSSR count). The van der Waals surface area contributed by atoms with E-state index in [1.54, 1.807) is 25.1 Å². The third-order valence-electron chi connectivity index (χ3n) is 4.67. The highest BCUT2D eigenvalue weighted by atomic mass is 32.2. The van der Waals surface area contributed by atoms with Crippen molar-refractivity contribution in [2.24, 2.45) is 0 Å². The molecule has 0 radical (unpaired) electrons. The fraction of sp³-hybridized carbons (Fsp3) is 0.261. The number of nitrogens with one attached hydrogen (secondary N) is 2. The summed E-state index contributed by atoms with van der Waals surface area (Å²) in [6, 6.07) is 16.3. The molecule has 8 heteroatoms. The van der Waals surface area contributed by atoms with E-state index in [1.165, 1.54) is 18.4 Å². The van der Waals surface area contributed by atoms with Crippen molar-refractivity contribution in [2.75, 3.05) is 6.61 Å². The smallest absolute Gasteiger partial charge is 0.241 e. The number of benzene rings is 2. The Morgan fingerprint density at radius 1 is 1.10 bits per heavy atom. The molecular weight excluding hydrogens is 416 g/mol. The molecule has 2 N–H and O–H groups in total. The lowest BCUT2D eigenvalue weighted by molar-refractivity contribution is -0.122. The molecule has 3 aromatic rings. The Bertz CT molecular complexity index is 1100. The van der Waals surface area contributed by atoms with Gasteiger partial charge < -0.3 is 14.5 Å². The van der Waals surface area contributed by atoms with Crippen LogP contribution in [0.5, 0.6) is 5.75 Å². The van der Waals surface area contributed by atoms with Gasteiger partial charge in [-0.1, -0.05) is 30.3 Å². The van der Waals surface area contributed by atoms with Crippen molar-refractivity contribution < 1.29 is 22.4 Å². The SMILES string of the molecule is CCOc1ccc(S(=O)(=O)N[C@H](Cc2ccccc2)C(=O)NCc2ccco2)cc1C. The van der Waals surface area contributed by atoms with Crippen LogP contribution in [-0.2, 0) is 27.8 Å². The van der Waals surface area contributed by atoms with Gasteiger partial charge in [0.25, 0.3) is 0 Å². The maximum atomic E-state index is 13.0. The molecule has 0 spiro atoms. The van der Waals surface area contributed by atoms with Gasteiger partial charge in [-0.15, -0.1) is 0 Å².